The maximum atomic E-state index is 5.67. The molecule has 4 nitrogen and oxygen atoms in total. The van der Waals surface area contributed by atoms with Crippen LogP contribution in [0.15, 0.2) is 24.5 Å². The fourth-order valence-electron chi connectivity index (χ4n) is 2.11. The van der Waals surface area contributed by atoms with Crippen molar-refractivity contribution in [2.24, 2.45) is 5.73 Å². The summed E-state index contributed by atoms with van der Waals surface area (Å²) in [6, 6.07) is 6.36. The SMILES string of the molecule is CN(Cc1ccc2nc[nH]c2c1)C(C)(C)CCN. The van der Waals surface area contributed by atoms with E-state index in [2.05, 4.69) is 54.0 Å². The minimum atomic E-state index is 0.123. The summed E-state index contributed by atoms with van der Waals surface area (Å²) in [5.74, 6) is 0. The first kappa shape index (κ1) is 13.1. The number of hydrogen-bond acceptors (Lipinski definition) is 3. The molecule has 0 bridgehead atoms. The zero-order chi connectivity index (χ0) is 13.2. The molecule has 0 atom stereocenters. The van der Waals surface area contributed by atoms with Crippen LogP contribution < -0.4 is 5.73 Å². The van der Waals surface area contributed by atoms with Gasteiger partial charge in [-0.2, -0.15) is 0 Å². The van der Waals surface area contributed by atoms with Gasteiger partial charge in [-0.3, -0.25) is 4.90 Å². The lowest BCUT2D eigenvalue weighted by atomic mass is 9.98. The van der Waals surface area contributed by atoms with Gasteiger partial charge >= 0.3 is 0 Å². The summed E-state index contributed by atoms with van der Waals surface area (Å²) in [7, 11) is 2.15. The van der Waals surface area contributed by atoms with E-state index < -0.39 is 0 Å². The van der Waals surface area contributed by atoms with Gasteiger partial charge in [-0.15, -0.1) is 0 Å². The Kier molecular flexibility index (Phi) is 3.68. The van der Waals surface area contributed by atoms with Crippen LogP contribution in [-0.4, -0.2) is 34.0 Å². The van der Waals surface area contributed by atoms with Gasteiger partial charge in [0, 0.05) is 12.1 Å². The summed E-state index contributed by atoms with van der Waals surface area (Å²) in [6.07, 6.45) is 2.73. The van der Waals surface area contributed by atoms with Gasteiger partial charge in [-0.25, -0.2) is 4.98 Å². The van der Waals surface area contributed by atoms with Crippen LogP contribution in [0, 0.1) is 0 Å². The van der Waals surface area contributed by atoms with Gasteiger partial charge in [-0.05, 0) is 51.6 Å². The van der Waals surface area contributed by atoms with E-state index in [4.69, 9.17) is 5.73 Å². The number of fused-ring (bicyclic) bond motifs is 1. The molecule has 3 N–H and O–H groups in total. The Morgan fingerprint density at radius 2 is 2.17 bits per heavy atom. The third kappa shape index (κ3) is 2.71. The molecule has 1 aromatic carbocycles. The molecular weight excluding hydrogens is 224 g/mol. The highest BCUT2D eigenvalue weighted by Gasteiger charge is 2.22. The summed E-state index contributed by atoms with van der Waals surface area (Å²) in [6.45, 7) is 6.10. The van der Waals surface area contributed by atoms with E-state index >= 15 is 0 Å². The van der Waals surface area contributed by atoms with Crippen LogP contribution >= 0.6 is 0 Å². The van der Waals surface area contributed by atoms with Crippen LogP contribution in [0.25, 0.3) is 11.0 Å². The highest BCUT2D eigenvalue weighted by molar-refractivity contribution is 5.74. The first-order chi connectivity index (χ1) is 8.53. The highest BCUT2D eigenvalue weighted by Crippen LogP contribution is 2.20. The third-order valence-corrected chi connectivity index (χ3v) is 3.69. The predicted molar refractivity (Wildman–Crippen MR) is 75.3 cm³/mol. The molecule has 2 aromatic rings. The first-order valence-electron chi connectivity index (χ1n) is 6.36. The number of rotatable bonds is 5. The zero-order valence-electron chi connectivity index (χ0n) is 11.4. The molecule has 1 heterocycles. The van der Waals surface area contributed by atoms with E-state index in [1.807, 2.05) is 0 Å². The number of H-pyrrole nitrogens is 1. The summed E-state index contributed by atoms with van der Waals surface area (Å²) < 4.78 is 0. The third-order valence-electron chi connectivity index (χ3n) is 3.69. The van der Waals surface area contributed by atoms with Gasteiger partial charge in [-0.1, -0.05) is 6.07 Å². The van der Waals surface area contributed by atoms with Crippen LogP contribution in [0.2, 0.25) is 0 Å². The molecule has 0 aliphatic carbocycles. The van der Waals surface area contributed by atoms with Crippen molar-refractivity contribution in [3.8, 4) is 0 Å². The van der Waals surface area contributed by atoms with Crippen molar-refractivity contribution in [2.45, 2.75) is 32.4 Å². The van der Waals surface area contributed by atoms with Crippen molar-refractivity contribution in [1.82, 2.24) is 14.9 Å². The maximum absolute atomic E-state index is 5.67. The lowest BCUT2D eigenvalue weighted by molar-refractivity contribution is 0.140. The summed E-state index contributed by atoms with van der Waals surface area (Å²) in [5.41, 5.74) is 9.19. The molecule has 0 radical (unpaired) electrons. The smallest absolute Gasteiger partial charge is 0.0931 e. The first-order valence-corrected chi connectivity index (χ1v) is 6.36. The molecular formula is C14H22N4. The molecule has 0 unspecified atom stereocenters. The minimum Gasteiger partial charge on any atom is -0.345 e. The molecule has 1 aromatic heterocycles. The molecule has 0 spiro atoms. The van der Waals surface area contributed by atoms with Crippen molar-refractivity contribution in [3.63, 3.8) is 0 Å². The minimum absolute atomic E-state index is 0.123. The average molecular weight is 246 g/mol. The second kappa shape index (κ2) is 5.08. The van der Waals surface area contributed by atoms with Crippen molar-refractivity contribution in [3.05, 3.63) is 30.1 Å². The van der Waals surface area contributed by atoms with E-state index in [1.165, 1.54) is 5.56 Å². The van der Waals surface area contributed by atoms with Gasteiger partial charge < -0.3 is 10.7 Å². The Bertz CT molecular complexity index is 515. The van der Waals surface area contributed by atoms with Crippen molar-refractivity contribution in [1.29, 1.82) is 0 Å². The average Bonchev–Trinajstić information content (AvgIpc) is 2.76. The lowest BCUT2D eigenvalue weighted by Crippen LogP contribution is -2.42. The molecule has 0 aliphatic rings. The number of nitrogens with one attached hydrogen (secondary N) is 1. The second-order valence-corrected chi connectivity index (χ2v) is 5.46. The Labute approximate surface area is 108 Å². The number of imidazole rings is 1. The Morgan fingerprint density at radius 1 is 1.39 bits per heavy atom. The number of nitrogens with zero attached hydrogens (tertiary/aromatic N) is 2. The lowest BCUT2D eigenvalue weighted by Gasteiger charge is -2.35. The highest BCUT2D eigenvalue weighted by atomic mass is 15.2. The molecule has 0 aliphatic heterocycles. The standard InChI is InChI=1S/C14H22N4/c1-14(2,6-7-15)18(3)9-11-4-5-12-13(8-11)17-10-16-12/h4-5,8,10H,6-7,9,15H2,1-3H3,(H,16,17). The summed E-state index contributed by atoms with van der Waals surface area (Å²) in [5, 5.41) is 0. The van der Waals surface area contributed by atoms with Crippen LogP contribution in [0.1, 0.15) is 25.8 Å². The van der Waals surface area contributed by atoms with Crippen LogP contribution in [0.4, 0.5) is 0 Å². The van der Waals surface area contributed by atoms with Gasteiger partial charge in [0.05, 0.1) is 17.4 Å². The molecule has 18 heavy (non-hydrogen) atoms. The van der Waals surface area contributed by atoms with E-state index in [0.29, 0.717) is 0 Å². The normalized spacial score (nSPS) is 12.5. The summed E-state index contributed by atoms with van der Waals surface area (Å²) in [4.78, 5) is 9.72. The van der Waals surface area contributed by atoms with Gasteiger partial charge in [0.2, 0.25) is 0 Å². The number of aromatic nitrogens is 2. The topological polar surface area (TPSA) is 57.9 Å². The largest absolute Gasteiger partial charge is 0.345 e. The molecule has 0 fully saturated rings. The van der Waals surface area contributed by atoms with Crippen molar-refractivity contribution < 1.29 is 0 Å². The number of aromatic amines is 1. The van der Waals surface area contributed by atoms with Crippen LogP contribution in [0.3, 0.4) is 0 Å². The van der Waals surface area contributed by atoms with E-state index in [9.17, 15) is 0 Å². The predicted octanol–water partition coefficient (Wildman–Crippen LogP) is 2.12. The number of benzene rings is 1. The molecule has 2 rings (SSSR count). The van der Waals surface area contributed by atoms with Gasteiger partial charge in [0.15, 0.2) is 0 Å². The molecule has 98 valence electrons. The maximum Gasteiger partial charge on any atom is 0.0931 e. The van der Waals surface area contributed by atoms with Gasteiger partial charge in [0.25, 0.3) is 0 Å². The summed E-state index contributed by atoms with van der Waals surface area (Å²) >= 11 is 0. The number of hydrogen-bond donors (Lipinski definition) is 2. The monoisotopic (exact) mass is 246 g/mol. The Hall–Kier alpha value is -1.39. The fraction of sp³-hybridized carbons (Fsp3) is 0.500. The zero-order valence-corrected chi connectivity index (χ0v) is 11.4. The van der Waals surface area contributed by atoms with Crippen LogP contribution in [0.5, 0.6) is 0 Å². The number of nitrogens with two attached hydrogens (primary N) is 1. The second-order valence-electron chi connectivity index (χ2n) is 5.46. The molecule has 0 saturated carbocycles. The van der Waals surface area contributed by atoms with Crippen molar-refractivity contribution >= 4 is 11.0 Å². The van der Waals surface area contributed by atoms with Crippen LogP contribution in [-0.2, 0) is 6.54 Å². The molecule has 0 amide bonds. The fourth-order valence-corrected chi connectivity index (χ4v) is 2.11. The van der Waals surface area contributed by atoms with Gasteiger partial charge in [0.1, 0.15) is 0 Å². The molecule has 4 heteroatoms. The Morgan fingerprint density at radius 3 is 2.89 bits per heavy atom. The van der Waals surface area contributed by atoms with E-state index in [1.54, 1.807) is 6.33 Å². The quantitative estimate of drug-likeness (QED) is 0.849. The molecule has 0 saturated heterocycles. The Balaban J connectivity index is 2.12. The van der Waals surface area contributed by atoms with E-state index in [-0.39, 0.29) is 5.54 Å². The van der Waals surface area contributed by atoms with E-state index in [0.717, 1.165) is 30.5 Å². The van der Waals surface area contributed by atoms with Crippen molar-refractivity contribution in [2.75, 3.05) is 13.6 Å².